The van der Waals surface area contributed by atoms with Crippen molar-refractivity contribution >= 4 is 11.8 Å². The van der Waals surface area contributed by atoms with Gasteiger partial charge in [-0.25, -0.2) is 0 Å². The zero-order valence-corrected chi connectivity index (χ0v) is 19.4. The molecular weight excluding hydrogens is 408 g/mol. The van der Waals surface area contributed by atoms with Crippen molar-refractivity contribution in [2.24, 2.45) is 5.92 Å². The number of nitrogens with zero attached hydrogens (tertiary/aromatic N) is 2. The molecule has 3 rings (SSSR count). The Morgan fingerprint density at radius 1 is 1.12 bits per heavy atom. The van der Waals surface area contributed by atoms with Crippen LogP contribution in [0.5, 0.6) is 5.75 Å². The number of rotatable bonds is 8. The lowest BCUT2D eigenvalue weighted by molar-refractivity contribution is -0.126. The number of aryl methyl sites for hydroxylation is 1. The second kappa shape index (κ2) is 10.6. The van der Waals surface area contributed by atoms with E-state index in [4.69, 9.17) is 9.26 Å². The van der Waals surface area contributed by atoms with Crippen molar-refractivity contribution in [3.8, 4) is 5.75 Å². The summed E-state index contributed by atoms with van der Waals surface area (Å²) in [4.78, 5) is 30.7. The molecule has 1 heterocycles. The third-order valence-corrected chi connectivity index (χ3v) is 5.94. The van der Waals surface area contributed by atoms with Gasteiger partial charge < -0.3 is 19.9 Å². The minimum Gasteiger partial charge on any atom is -0.494 e. The highest BCUT2D eigenvalue weighted by Crippen LogP contribution is 2.35. The van der Waals surface area contributed by atoms with E-state index < -0.39 is 11.6 Å². The molecule has 0 saturated heterocycles. The highest BCUT2D eigenvalue weighted by Gasteiger charge is 2.40. The largest absolute Gasteiger partial charge is 0.494 e. The Morgan fingerprint density at radius 2 is 1.78 bits per heavy atom. The van der Waals surface area contributed by atoms with Crippen LogP contribution < -0.4 is 15.4 Å². The third kappa shape index (κ3) is 5.66. The van der Waals surface area contributed by atoms with Crippen molar-refractivity contribution in [1.82, 2.24) is 20.8 Å². The van der Waals surface area contributed by atoms with Gasteiger partial charge >= 0.3 is 0 Å². The first-order chi connectivity index (χ1) is 15.3. The Hall–Kier alpha value is -2.90. The van der Waals surface area contributed by atoms with Gasteiger partial charge in [-0.2, -0.15) is 4.98 Å². The molecule has 1 aromatic carbocycles. The lowest BCUT2D eigenvalue weighted by Gasteiger charge is -2.33. The van der Waals surface area contributed by atoms with Gasteiger partial charge in [0.1, 0.15) is 17.3 Å². The summed E-state index contributed by atoms with van der Waals surface area (Å²) in [5.74, 6) is 1.06. The maximum absolute atomic E-state index is 13.4. The number of carbonyl (C=O) groups excluding carboxylic acids is 2. The number of amides is 2. The summed E-state index contributed by atoms with van der Waals surface area (Å²) in [6.45, 7) is 8.05. The van der Waals surface area contributed by atoms with Crippen LogP contribution in [0.3, 0.4) is 0 Å². The maximum atomic E-state index is 13.4. The Labute approximate surface area is 189 Å². The van der Waals surface area contributed by atoms with E-state index in [1.165, 1.54) is 0 Å². The summed E-state index contributed by atoms with van der Waals surface area (Å²) < 4.78 is 10.7. The summed E-state index contributed by atoms with van der Waals surface area (Å²) in [7, 11) is 0. The molecule has 0 aliphatic heterocycles. The fraction of sp³-hybridized carbons (Fsp3) is 0.583. The van der Waals surface area contributed by atoms with Gasteiger partial charge in [-0.3, -0.25) is 9.59 Å². The van der Waals surface area contributed by atoms with Crippen molar-refractivity contribution in [1.29, 1.82) is 0 Å². The molecule has 0 bridgehead atoms. The third-order valence-electron chi connectivity index (χ3n) is 5.94. The number of nitrogens with one attached hydrogen (secondary N) is 2. The van der Waals surface area contributed by atoms with Gasteiger partial charge in [-0.1, -0.05) is 44.7 Å². The van der Waals surface area contributed by atoms with Crippen LogP contribution in [0, 0.1) is 12.8 Å². The molecular formula is C24H34N4O4. The minimum absolute atomic E-state index is 0.100. The minimum atomic E-state index is -0.692. The van der Waals surface area contributed by atoms with Gasteiger partial charge in [0.05, 0.1) is 6.61 Å². The van der Waals surface area contributed by atoms with Gasteiger partial charge in [0.15, 0.2) is 5.82 Å². The summed E-state index contributed by atoms with van der Waals surface area (Å²) in [5.41, 5.74) is -0.201. The molecule has 1 atom stereocenters. The number of benzene rings is 1. The van der Waals surface area contributed by atoms with E-state index in [9.17, 15) is 9.59 Å². The van der Waals surface area contributed by atoms with Crippen molar-refractivity contribution in [2.45, 2.75) is 77.8 Å². The predicted octanol–water partition coefficient (Wildman–Crippen LogP) is 3.90. The Kier molecular flexibility index (Phi) is 7.88. The van der Waals surface area contributed by atoms with Gasteiger partial charge in [0.25, 0.3) is 5.91 Å². The fourth-order valence-electron chi connectivity index (χ4n) is 4.17. The summed E-state index contributed by atoms with van der Waals surface area (Å²) in [6.07, 6.45) is 5.65. The molecule has 1 aliphatic carbocycles. The van der Waals surface area contributed by atoms with Gasteiger partial charge in [-0.15, -0.1) is 0 Å². The smallest absolute Gasteiger partial charge is 0.251 e. The first kappa shape index (κ1) is 23.8. The molecule has 1 aliphatic rings. The summed E-state index contributed by atoms with van der Waals surface area (Å²) in [6, 6.07) is 6.21. The van der Waals surface area contributed by atoms with E-state index in [0.29, 0.717) is 29.6 Å². The highest BCUT2D eigenvalue weighted by atomic mass is 16.5. The summed E-state index contributed by atoms with van der Waals surface area (Å²) in [5, 5.41) is 10.3. The van der Waals surface area contributed by atoms with Gasteiger partial charge in [-0.05, 0) is 49.9 Å². The second-order valence-corrected chi connectivity index (χ2v) is 8.78. The second-order valence-electron chi connectivity index (χ2n) is 8.78. The van der Waals surface area contributed by atoms with E-state index in [-0.39, 0.29) is 17.7 Å². The fourth-order valence-corrected chi connectivity index (χ4v) is 4.17. The number of carbonyl (C=O) groups is 2. The Balaban J connectivity index is 1.77. The first-order valence-electron chi connectivity index (χ1n) is 11.5. The molecule has 1 unspecified atom stereocenters. The van der Waals surface area contributed by atoms with Crippen LogP contribution in [0.4, 0.5) is 0 Å². The normalized spacial score (nSPS) is 16.8. The number of hydrogen-bond donors (Lipinski definition) is 2. The first-order valence-corrected chi connectivity index (χ1v) is 11.5. The zero-order valence-electron chi connectivity index (χ0n) is 19.4. The molecule has 1 fully saturated rings. The van der Waals surface area contributed by atoms with E-state index >= 15 is 0 Å². The summed E-state index contributed by atoms with van der Waals surface area (Å²) >= 11 is 0. The lowest BCUT2D eigenvalue weighted by Crippen LogP contribution is -2.56. The van der Waals surface area contributed by atoms with Crippen molar-refractivity contribution < 1.29 is 18.8 Å². The van der Waals surface area contributed by atoms with E-state index in [2.05, 4.69) is 20.8 Å². The van der Waals surface area contributed by atoms with Crippen LogP contribution in [-0.2, 0) is 10.3 Å². The van der Waals surface area contributed by atoms with E-state index in [1.54, 1.807) is 31.2 Å². The van der Waals surface area contributed by atoms with Crippen LogP contribution in [0.25, 0.3) is 0 Å². The van der Waals surface area contributed by atoms with Crippen molar-refractivity contribution in [2.75, 3.05) is 6.61 Å². The topological polar surface area (TPSA) is 106 Å². The molecule has 8 heteroatoms. The number of hydrogen-bond acceptors (Lipinski definition) is 6. The zero-order chi connectivity index (χ0) is 23.1. The van der Waals surface area contributed by atoms with Crippen LogP contribution >= 0.6 is 0 Å². The predicted molar refractivity (Wildman–Crippen MR) is 120 cm³/mol. The standard InChI is InChI=1S/C24H34N4O4/c1-5-31-19-12-10-18(11-13-19)21(29)26-20(16(2)3)22(30)27-24(14-8-6-7-9-15-24)23-25-17(4)32-28-23/h10-13,16,20H,5-9,14-15H2,1-4H3,(H,26,29)(H,27,30). The quantitative estimate of drug-likeness (QED) is 0.601. The Morgan fingerprint density at radius 3 is 2.31 bits per heavy atom. The Bertz CT molecular complexity index is 899. The van der Waals surface area contributed by atoms with Crippen LogP contribution in [0.2, 0.25) is 0 Å². The molecule has 1 aromatic heterocycles. The van der Waals surface area contributed by atoms with Crippen LogP contribution in [-0.4, -0.2) is 34.6 Å². The molecule has 2 aromatic rings. The van der Waals surface area contributed by atoms with Crippen molar-refractivity contribution in [3.05, 3.63) is 41.5 Å². The molecule has 32 heavy (non-hydrogen) atoms. The molecule has 2 amide bonds. The van der Waals surface area contributed by atoms with Gasteiger partial charge in [0, 0.05) is 12.5 Å². The molecule has 0 radical (unpaired) electrons. The molecule has 2 N–H and O–H groups in total. The van der Waals surface area contributed by atoms with Crippen molar-refractivity contribution in [3.63, 3.8) is 0 Å². The lowest BCUT2D eigenvalue weighted by atomic mass is 9.88. The average Bonchev–Trinajstić information content (AvgIpc) is 3.07. The molecule has 0 spiro atoms. The monoisotopic (exact) mass is 442 g/mol. The highest BCUT2D eigenvalue weighted by molar-refractivity contribution is 5.97. The average molecular weight is 443 g/mol. The van der Waals surface area contributed by atoms with Crippen LogP contribution in [0.1, 0.15) is 81.4 Å². The maximum Gasteiger partial charge on any atom is 0.251 e. The molecule has 1 saturated carbocycles. The number of aromatic nitrogens is 2. The molecule has 174 valence electrons. The van der Waals surface area contributed by atoms with E-state index in [1.807, 2.05) is 20.8 Å². The SMILES string of the molecule is CCOc1ccc(C(=O)NC(C(=O)NC2(c3noc(C)n3)CCCCCC2)C(C)C)cc1. The van der Waals surface area contributed by atoms with E-state index in [0.717, 1.165) is 38.5 Å². The van der Waals surface area contributed by atoms with Crippen LogP contribution in [0.15, 0.2) is 28.8 Å². The van der Waals surface area contributed by atoms with Gasteiger partial charge in [0.2, 0.25) is 11.8 Å². The molecule has 8 nitrogen and oxygen atoms in total. The number of ether oxygens (including phenoxy) is 1.